The van der Waals surface area contributed by atoms with Crippen LogP contribution in [0.4, 0.5) is 4.79 Å². The van der Waals surface area contributed by atoms with Crippen LogP contribution < -0.4 is 5.32 Å². The summed E-state index contributed by atoms with van der Waals surface area (Å²) in [6, 6.07) is 0.447. The van der Waals surface area contributed by atoms with Gasteiger partial charge in [0.2, 0.25) is 0 Å². The molecule has 2 aliphatic rings. The molecular weight excluding hydrogens is 192 g/mol. The molecule has 0 aromatic rings. The molecule has 0 aromatic heterocycles. The monoisotopic (exact) mass is 212 g/mol. The van der Waals surface area contributed by atoms with Crippen LogP contribution in [0.2, 0.25) is 0 Å². The molecule has 1 heterocycles. The van der Waals surface area contributed by atoms with Gasteiger partial charge in [0.05, 0.1) is 12.6 Å². The fourth-order valence-corrected chi connectivity index (χ4v) is 2.62. The highest BCUT2D eigenvalue weighted by Crippen LogP contribution is 2.20. The second kappa shape index (κ2) is 4.84. The summed E-state index contributed by atoms with van der Waals surface area (Å²) in [5, 5.41) is 12.2. The summed E-state index contributed by atoms with van der Waals surface area (Å²) in [5.74, 6) is 0. The minimum atomic E-state index is 0.0263. The first-order valence-electron chi connectivity index (χ1n) is 5.99. The Hall–Kier alpha value is -0.770. The van der Waals surface area contributed by atoms with Crippen LogP contribution in [0.15, 0.2) is 0 Å². The van der Waals surface area contributed by atoms with E-state index in [0.29, 0.717) is 6.04 Å². The quantitative estimate of drug-likeness (QED) is 0.720. The molecule has 1 aliphatic carbocycles. The van der Waals surface area contributed by atoms with Gasteiger partial charge >= 0.3 is 6.03 Å². The predicted octanol–water partition coefficient (Wildman–Crippen LogP) is 1.10. The van der Waals surface area contributed by atoms with E-state index in [4.69, 9.17) is 5.11 Å². The van der Waals surface area contributed by atoms with Gasteiger partial charge in [0.25, 0.3) is 0 Å². The summed E-state index contributed by atoms with van der Waals surface area (Å²) in [6.45, 7) is 0.891. The van der Waals surface area contributed by atoms with Gasteiger partial charge in [0.15, 0.2) is 0 Å². The first-order chi connectivity index (χ1) is 7.31. The molecule has 0 spiro atoms. The van der Waals surface area contributed by atoms with Crippen molar-refractivity contribution in [1.82, 2.24) is 10.2 Å². The molecule has 2 amide bonds. The zero-order valence-corrected chi connectivity index (χ0v) is 9.11. The predicted molar refractivity (Wildman–Crippen MR) is 57.6 cm³/mol. The molecule has 15 heavy (non-hydrogen) atoms. The summed E-state index contributed by atoms with van der Waals surface area (Å²) in [4.78, 5) is 13.7. The maximum atomic E-state index is 11.9. The molecule has 4 heteroatoms. The molecule has 0 bridgehead atoms. The second-order valence-corrected chi connectivity index (χ2v) is 4.60. The van der Waals surface area contributed by atoms with Crippen LogP contribution in [-0.4, -0.2) is 41.3 Å². The molecule has 1 atom stereocenters. The van der Waals surface area contributed by atoms with Gasteiger partial charge in [-0.25, -0.2) is 4.79 Å². The standard InChI is InChI=1S/C11H20N2O2/c14-8-10-6-3-7-13(10)11(15)12-9-4-1-2-5-9/h9-10,14H,1-8H2,(H,12,15)/t10-/m0/s1. The fourth-order valence-electron chi connectivity index (χ4n) is 2.62. The Morgan fingerprint density at radius 2 is 2.00 bits per heavy atom. The van der Waals surface area contributed by atoms with Gasteiger partial charge in [-0.3, -0.25) is 0 Å². The number of aliphatic hydroxyl groups excluding tert-OH is 1. The maximum absolute atomic E-state index is 11.9. The van der Waals surface area contributed by atoms with Crippen LogP contribution in [-0.2, 0) is 0 Å². The average molecular weight is 212 g/mol. The van der Waals surface area contributed by atoms with Gasteiger partial charge < -0.3 is 15.3 Å². The number of nitrogens with one attached hydrogen (secondary N) is 1. The van der Waals surface area contributed by atoms with Crippen LogP contribution in [0.1, 0.15) is 38.5 Å². The van der Waals surface area contributed by atoms with Crippen molar-refractivity contribution in [3.63, 3.8) is 0 Å². The third-order valence-electron chi connectivity index (χ3n) is 3.53. The van der Waals surface area contributed by atoms with Crippen LogP contribution in [0.3, 0.4) is 0 Å². The first kappa shape index (κ1) is 10.7. The highest BCUT2D eigenvalue weighted by atomic mass is 16.3. The molecule has 86 valence electrons. The molecule has 2 rings (SSSR count). The highest BCUT2D eigenvalue weighted by Gasteiger charge is 2.29. The SMILES string of the molecule is O=C(NC1CCCC1)N1CCC[C@H]1CO. The van der Waals surface area contributed by atoms with Gasteiger partial charge in [0, 0.05) is 12.6 Å². The molecule has 1 saturated carbocycles. The first-order valence-corrected chi connectivity index (χ1v) is 5.99. The molecule has 0 radical (unpaired) electrons. The molecule has 0 unspecified atom stereocenters. The second-order valence-electron chi connectivity index (χ2n) is 4.60. The van der Waals surface area contributed by atoms with E-state index in [1.807, 2.05) is 0 Å². The number of urea groups is 1. The number of carbonyl (C=O) groups excluding carboxylic acids is 1. The number of hydrogen-bond acceptors (Lipinski definition) is 2. The van der Waals surface area contributed by atoms with E-state index in [9.17, 15) is 4.79 Å². The van der Waals surface area contributed by atoms with E-state index in [1.165, 1.54) is 12.8 Å². The zero-order chi connectivity index (χ0) is 10.7. The van der Waals surface area contributed by atoms with Crippen molar-refractivity contribution in [2.45, 2.75) is 50.6 Å². The smallest absolute Gasteiger partial charge is 0.317 e. The Balaban J connectivity index is 1.83. The Bertz CT molecular complexity index is 227. The number of carbonyl (C=O) groups is 1. The molecule has 2 N–H and O–H groups in total. The zero-order valence-electron chi connectivity index (χ0n) is 9.11. The van der Waals surface area contributed by atoms with Gasteiger partial charge in [0.1, 0.15) is 0 Å². The fraction of sp³-hybridized carbons (Fsp3) is 0.909. The lowest BCUT2D eigenvalue weighted by Crippen LogP contribution is -2.47. The number of likely N-dealkylation sites (tertiary alicyclic amines) is 1. The lowest BCUT2D eigenvalue weighted by molar-refractivity contribution is 0.154. The van der Waals surface area contributed by atoms with E-state index in [1.54, 1.807) is 4.90 Å². The normalized spacial score (nSPS) is 27.3. The Labute approximate surface area is 90.6 Å². The number of amides is 2. The molecule has 1 aliphatic heterocycles. The van der Waals surface area contributed by atoms with E-state index in [-0.39, 0.29) is 18.7 Å². The van der Waals surface area contributed by atoms with Crippen molar-refractivity contribution < 1.29 is 9.90 Å². The average Bonchev–Trinajstić information content (AvgIpc) is 2.86. The lowest BCUT2D eigenvalue weighted by Gasteiger charge is -2.25. The van der Waals surface area contributed by atoms with Crippen molar-refractivity contribution in [3.8, 4) is 0 Å². The third-order valence-corrected chi connectivity index (χ3v) is 3.53. The van der Waals surface area contributed by atoms with E-state index < -0.39 is 0 Å². The minimum absolute atomic E-state index is 0.0263. The van der Waals surface area contributed by atoms with Crippen LogP contribution >= 0.6 is 0 Å². The lowest BCUT2D eigenvalue weighted by atomic mass is 10.2. The summed E-state index contributed by atoms with van der Waals surface area (Å²) in [5.41, 5.74) is 0. The van der Waals surface area contributed by atoms with Gasteiger partial charge in [-0.1, -0.05) is 12.8 Å². The Morgan fingerprint density at radius 1 is 1.27 bits per heavy atom. The minimum Gasteiger partial charge on any atom is -0.394 e. The van der Waals surface area contributed by atoms with Gasteiger partial charge in [-0.2, -0.15) is 0 Å². The van der Waals surface area contributed by atoms with Crippen molar-refractivity contribution in [1.29, 1.82) is 0 Å². The largest absolute Gasteiger partial charge is 0.394 e. The van der Waals surface area contributed by atoms with Crippen molar-refractivity contribution in [2.75, 3.05) is 13.2 Å². The molecular formula is C11H20N2O2. The Morgan fingerprint density at radius 3 is 2.67 bits per heavy atom. The maximum Gasteiger partial charge on any atom is 0.317 e. The molecule has 2 fully saturated rings. The number of nitrogens with zero attached hydrogens (tertiary/aromatic N) is 1. The van der Waals surface area contributed by atoms with Crippen LogP contribution in [0, 0.1) is 0 Å². The number of rotatable bonds is 2. The summed E-state index contributed by atoms with van der Waals surface area (Å²) in [6.07, 6.45) is 6.65. The topological polar surface area (TPSA) is 52.6 Å². The van der Waals surface area contributed by atoms with Crippen LogP contribution in [0.25, 0.3) is 0 Å². The van der Waals surface area contributed by atoms with E-state index in [0.717, 1.165) is 32.2 Å². The van der Waals surface area contributed by atoms with Crippen LogP contribution in [0.5, 0.6) is 0 Å². The summed E-state index contributed by atoms with van der Waals surface area (Å²) >= 11 is 0. The summed E-state index contributed by atoms with van der Waals surface area (Å²) < 4.78 is 0. The van der Waals surface area contributed by atoms with Crippen molar-refractivity contribution >= 4 is 6.03 Å². The molecule has 4 nitrogen and oxygen atoms in total. The third kappa shape index (κ3) is 2.43. The highest BCUT2D eigenvalue weighted by molar-refractivity contribution is 5.75. The molecule has 0 aromatic carbocycles. The van der Waals surface area contributed by atoms with Crippen molar-refractivity contribution in [2.24, 2.45) is 0 Å². The Kier molecular flexibility index (Phi) is 3.46. The van der Waals surface area contributed by atoms with E-state index in [2.05, 4.69) is 5.32 Å². The number of hydrogen-bond donors (Lipinski definition) is 2. The molecule has 1 saturated heterocycles. The van der Waals surface area contributed by atoms with Crippen molar-refractivity contribution in [3.05, 3.63) is 0 Å². The van der Waals surface area contributed by atoms with Gasteiger partial charge in [-0.05, 0) is 25.7 Å². The summed E-state index contributed by atoms with van der Waals surface area (Å²) in [7, 11) is 0. The number of aliphatic hydroxyl groups is 1. The van der Waals surface area contributed by atoms with Gasteiger partial charge in [-0.15, -0.1) is 0 Å². The van der Waals surface area contributed by atoms with E-state index >= 15 is 0 Å².